The maximum atomic E-state index is 5.34. The van der Waals surface area contributed by atoms with Gasteiger partial charge in [-0.2, -0.15) is 0 Å². The van der Waals surface area contributed by atoms with E-state index in [9.17, 15) is 0 Å². The Morgan fingerprint density at radius 2 is 2.06 bits per heavy atom. The fourth-order valence-corrected chi connectivity index (χ4v) is 2.12. The minimum absolute atomic E-state index is 0.114. The van der Waals surface area contributed by atoms with Crippen molar-refractivity contribution >= 4 is 0 Å². The Morgan fingerprint density at radius 3 is 2.61 bits per heavy atom. The first-order valence-corrected chi connectivity index (χ1v) is 6.55. The van der Waals surface area contributed by atoms with Gasteiger partial charge in [0, 0.05) is 39.6 Å². The molecule has 1 N–H and O–H groups in total. The van der Waals surface area contributed by atoms with E-state index in [1.165, 1.54) is 0 Å². The summed E-state index contributed by atoms with van der Waals surface area (Å²) in [6.07, 6.45) is 5.52. The molecule has 0 aliphatic heterocycles. The number of methoxy groups -OCH3 is 2. The predicted molar refractivity (Wildman–Crippen MR) is 71.5 cm³/mol. The normalized spacial score (nSPS) is 13.2. The Hall–Kier alpha value is -0.910. The summed E-state index contributed by atoms with van der Waals surface area (Å²) in [6.45, 7) is 6.12. The van der Waals surface area contributed by atoms with Crippen LogP contribution in [0.3, 0.4) is 0 Å². The summed E-state index contributed by atoms with van der Waals surface area (Å²) in [6, 6.07) is 0.114. The van der Waals surface area contributed by atoms with E-state index in [2.05, 4.69) is 28.7 Å². The van der Waals surface area contributed by atoms with Gasteiger partial charge in [0.05, 0.1) is 6.04 Å². The molecule has 0 amide bonds. The molecule has 1 atom stereocenters. The smallest absolute Gasteiger partial charge is 0.172 e. The van der Waals surface area contributed by atoms with Crippen molar-refractivity contribution < 1.29 is 9.47 Å². The van der Waals surface area contributed by atoms with Gasteiger partial charge >= 0.3 is 0 Å². The number of aryl methyl sites for hydroxylation is 1. The lowest BCUT2D eigenvalue weighted by Gasteiger charge is -2.25. The molecule has 1 unspecified atom stereocenters. The number of aromatic nitrogens is 2. The molecular formula is C13H25N3O2. The van der Waals surface area contributed by atoms with Gasteiger partial charge < -0.3 is 19.4 Å². The molecule has 0 spiro atoms. The van der Waals surface area contributed by atoms with E-state index in [-0.39, 0.29) is 12.3 Å². The maximum Gasteiger partial charge on any atom is 0.172 e. The Morgan fingerprint density at radius 1 is 1.33 bits per heavy atom. The van der Waals surface area contributed by atoms with Crippen LogP contribution in [0.2, 0.25) is 0 Å². The van der Waals surface area contributed by atoms with Crippen molar-refractivity contribution in [1.82, 2.24) is 14.9 Å². The second kappa shape index (κ2) is 8.24. The van der Waals surface area contributed by atoms with Crippen LogP contribution in [0.15, 0.2) is 12.4 Å². The standard InChI is InChI=1S/C13H25N3O2/c1-5-8-16-9-7-15-12(16)10-11(14-6-2)13(17-3)18-4/h7,9,11,13-14H,5-6,8,10H2,1-4H3. The van der Waals surface area contributed by atoms with E-state index in [1.54, 1.807) is 14.2 Å². The Kier molecular flexibility index (Phi) is 6.93. The summed E-state index contributed by atoms with van der Waals surface area (Å²) >= 11 is 0. The number of rotatable bonds is 9. The molecule has 1 aromatic heterocycles. The van der Waals surface area contributed by atoms with Crippen molar-refractivity contribution in [2.24, 2.45) is 0 Å². The fourth-order valence-electron chi connectivity index (χ4n) is 2.12. The highest BCUT2D eigenvalue weighted by Gasteiger charge is 2.22. The van der Waals surface area contributed by atoms with E-state index < -0.39 is 0 Å². The number of nitrogens with one attached hydrogen (secondary N) is 1. The molecule has 1 heterocycles. The van der Waals surface area contributed by atoms with Gasteiger partial charge in [-0.25, -0.2) is 4.98 Å². The van der Waals surface area contributed by atoms with Crippen LogP contribution < -0.4 is 5.32 Å². The van der Waals surface area contributed by atoms with Crippen LogP contribution in [-0.2, 0) is 22.4 Å². The third-order valence-electron chi connectivity index (χ3n) is 2.93. The molecule has 0 fully saturated rings. The molecule has 5 heteroatoms. The summed E-state index contributed by atoms with van der Waals surface area (Å²) in [4.78, 5) is 4.42. The molecule has 0 aromatic carbocycles. The van der Waals surface area contributed by atoms with Gasteiger partial charge in [-0.15, -0.1) is 0 Å². The monoisotopic (exact) mass is 255 g/mol. The molecule has 5 nitrogen and oxygen atoms in total. The van der Waals surface area contributed by atoms with Crippen LogP contribution in [-0.4, -0.2) is 42.6 Å². The van der Waals surface area contributed by atoms with E-state index in [0.29, 0.717) is 0 Å². The molecule has 0 bridgehead atoms. The molecule has 1 rings (SSSR count). The van der Waals surface area contributed by atoms with Gasteiger partial charge in [0.2, 0.25) is 0 Å². The molecule has 18 heavy (non-hydrogen) atoms. The van der Waals surface area contributed by atoms with Crippen LogP contribution >= 0.6 is 0 Å². The fraction of sp³-hybridized carbons (Fsp3) is 0.769. The van der Waals surface area contributed by atoms with Crippen LogP contribution in [0.5, 0.6) is 0 Å². The number of imidazole rings is 1. The van der Waals surface area contributed by atoms with Gasteiger partial charge in [-0.05, 0) is 13.0 Å². The first kappa shape index (κ1) is 15.1. The Balaban J connectivity index is 2.72. The topological polar surface area (TPSA) is 48.3 Å². The first-order valence-electron chi connectivity index (χ1n) is 6.55. The maximum absolute atomic E-state index is 5.34. The largest absolute Gasteiger partial charge is 0.354 e. The quantitative estimate of drug-likeness (QED) is 0.678. The van der Waals surface area contributed by atoms with E-state index in [4.69, 9.17) is 9.47 Å². The highest BCUT2D eigenvalue weighted by molar-refractivity contribution is 4.96. The number of likely N-dealkylation sites (N-methyl/N-ethyl adjacent to an activating group) is 1. The molecule has 0 radical (unpaired) electrons. The summed E-state index contributed by atoms with van der Waals surface area (Å²) < 4.78 is 12.9. The predicted octanol–water partition coefficient (Wildman–Crippen LogP) is 1.43. The molecule has 0 saturated carbocycles. The van der Waals surface area contributed by atoms with Gasteiger partial charge in [0.1, 0.15) is 5.82 Å². The van der Waals surface area contributed by atoms with Crippen LogP contribution in [0, 0.1) is 0 Å². The zero-order chi connectivity index (χ0) is 13.4. The highest BCUT2D eigenvalue weighted by Crippen LogP contribution is 2.08. The van der Waals surface area contributed by atoms with Crippen molar-refractivity contribution in [3.05, 3.63) is 18.2 Å². The lowest BCUT2D eigenvalue weighted by Crippen LogP contribution is -2.44. The van der Waals surface area contributed by atoms with E-state index in [1.807, 2.05) is 12.4 Å². The minimum atomic E-state index is -0.253. The first-order chi connectivity index (χ1) is 8.76. The van der Waals surface area contributed by atoms with Crippen molar-refractivity contribution in [3.63, 3.8) is 0 Å². The number of hydrogen-bond donors (Lipinski definition) is 1. The van der Waals surface area contributed by atoms with Crippen LogP contribution in [0.4, 0.5) is 0 Å². The Bertz CT molecular complexity index is 324. The summed E-state index contributed by atoms with van der Waals surface area (Å²) in [5.74, 6) is 1.07. The van der Waals surface area contributed by atoms with Crippen LogP contribution in [0.25, 0.3) is 0 Å². The van der Waals surface area contributed by atoms with Gasteiger partial charge in [0.15, 0.2) is 6.29 Å². The lowest BCUT2D eigenvalue weighted by atomic mass is 10.2. The zero-order valence-electron chi connectivity index (χ0n) is 11.8. The number of nitrogens with zero attached hydrogens (tertiary/aromatic N) is 2. The summed E-state index contributed by atoms with van der Waals surface area (Å²) in [7, 11) is 3.33. The molecule has 0 saturated heterocycles. The average Bonchev–Trinajstić information content (AvgIpc) is 2.79. The second-order valence-electron chi connectivity index (χ2n) is 4.24. The number of ether oxygens (including phenoxy) is 2. The van der Waals surface area contributed by atoms with Crippen molar-refractivity contribution in [1.29, 1.82) is 0 Å². The average molecular weight is 255 g/mol. The van der Waals surface area contributed by atoms with Crippen molar-refractivity contribution in [2.75, 3.05) is 20.8 Å². The number of hydrogen-bond acceptors (Lipinski definition) is 4. The third-order valence-corrected chi connectivity index (χ3v) is 2.93. The van der Waals surface area contributed by atoms with Gasteiger partial charge in [-0.1, -0.05) is 13.8 Å². The van der Waals surface area contributed by atoms with Crippen molar-refractivity contribution in [2.45, 2.75) is 45.6 Å². The molecule has 0 aliphatic carbocycles. The molecular weight excluding hydrogens is 230 g/mol. The van der Waals surface area contributed by atoms with E-state index in [0.717, 1.165) is 31.8 Å². The highest BCUT2D eigenvalue weighted by atomic mass is 16.7. The van der Waals surface area contributed by atoms with Crippen molar-refractivity contribution in [3.8, 4) is 0 Å². The second-order valence-corrected chi connectivity index (χ2v) is 4.24. The lowest BCUT2D eigenvalue weighted by molar-refractivity contribution is -0.122. The Labute approximate surface area is 109 Å². The summed E-state index contributed by atoms with van der Waals surface area (Å²) in [5.41, 5.74) is 0. The molecule has 104 valence electrons. The third kappa shape index (κ3) is 4.08. The van der Waals surface area contributed by atoms with Gasteiger partial charge in [-0.3, -0.25) is 0 Å². The van der Waals surface area contributed by atoms with Gasteiger partial charge in [0.25, 0.3) is 0 Å². The van der Waals surface area contributed by atoms with E-state index >= 15 is 0 Å². The molecule has 1 aromatic rings. The SMILES string of the molecule is CCCn1ccnc1CC(NCC)C(OC)OC. The van der Waals surface area contributed by atoms with Crippen LogP contribution in [0.1, 0.15) is 26.1 Å². The minimum Gasteiger partial charge on any atom is -0.354 e. The zero-order valence-corrected chi connectivity index (χ0v) is 11.8. The summed E-state index contributed by atoms with van der Waals surface area (Å²) in [5, 5.41) is 3.39. The molecule has 0 aliphatic rings.